The molecule has 2 aromatic heterocycles. The van der Waals surface area contributed by atoms with Gasteiger partial charge in [0.05, 0.1) is 24.6 Å². The van der Waals surface area contributed by atoms with Crippen molar-refractivity contribution in [1.29, 1.82) is 0 Å². The number of hydrogen-bond acceptors (Lipinski definition) is 7. The summed E-state index contributed by atoms with van der Waals surface area (Å²) in [6.07, 6.45) is 4.31. The molecule has 0 N–H and O–H groups in total. The zero-order chi connectivity index (χ0) is 16.9. The fraction of sp³-hybridized carbons (Fsp3) is 0.125. The average Bonchev–Trinajstić information content (AvgIpc) is 3.30. The molecule has 0 spiro atoms. The topological polar surface area (TPSA) is 96.5 Å². The monoisotopic (exact) mass is 327 g/mol. The number of benzene rings is 1. The van der Waals surface area contributed by atoms with Crippen LogP contribution < -0.4 is 0 Å². The van der Waals surface area contributed by atoms with Crippen molar-refractivity contribution in [3.8, 4) is 5.69 Å². The molecule has 0 unspecified atom stereocenters. The van der Waals surface area contributed by atoms with Gasteiger partial charge in [0.25, 0.3) is 0 Å². The Morgan fingerprint density at radius 2 is 1.96 bits per heavy atom. The second kappa shape index (κ2) is 6.78. The van der Waals surface area contributed by atoms with Gasteiger partial charge in [-0.05, 0) is 30.3 Å². The summed E-state index contributed by atoms with van der Waals surface area (Å²) in [6.45, 7) is -0.166. The average molecular weight is 327 g/mol. The molecule has 0 bridgehead atoms. The van der Waals surface area contributed by atoms with Crippen LogP contribution in [0, 0.1) is 0 Å². The highest BCUT2D eigenvalue weighted by molar-refractivity contribution is 5.91. The number of ether oxygens (including phenoxy) is 2. The third-order valence-electron chi connectivity index (χ3n) is 3.27. The maximum absolute atomic E-state index is 12.1. The Kier molecular flexibility index (Phi) is 4.37. The molecule has 122 valence electrons. The lowest BCUT2D eigenvalue weighted by atomic mass is 10.2. The van der Waals surface area contributed by atoms with Crippen molar-refractivity contribution in [3.63, 3.8) is 0 Å². The number of rotatable bonds is 5. The Morgan fingerprint density at radius 3 is 2.62 bits per heavy atom. The molecule has 0 saturated carbocycles. The summed E-state index contributed by atoms with van der Waals surface area (Å²) in [4.78, 5) is 27.5. The van der Waals surface area contributed by atoms with Crippen LogP contribution in [-0.4, -0.2) is 33.8 Å². The van der Waals surface area contributed by atoms with Crippen LogP contribution in [0.2, 0.25) is 0 Å². The quantitative estimate of drug-likeness (QED) is 0.661. The number of carbonyl (C=O) groups is 2. The molecule has 2 heterocycles. The minimum atomic E-state index is -0.549. The summed E-state index contributed by atoms with van der Waals surface area (Å²) in [5.41, 5.74) is 1.36. The van der Waals surface area contributed by atoms with Gasteiger partial charge in [0.2, 0.25) is 0 Å². The van der Waals surface area contributed by atoms with E-state index in [1.54, 1.807) is 35.3 Å². The molecular formula is C16H13N3O5. The van der Waals surface area contributed by atoms with Crippen molar-refractivity contribution in [3.05, 3.63) is 66.1 Å². The lowest BCUT2D eigenvalue weighted by Gasteiger charge is -2.05. The SMILES string of the molecule is COC(=O)c1ccoc1COC(=O)c1ccc(-n2cncn2)cc1. The van der Waals surface area contributed by atoms with Crippen LogP contribution in [0.15, 0.2) is 53.7 Å². The van der Waals surface area contributed by atoms with Crippen molar-refractivity contribution in [2.24, 2.45) is 0 Å². The molecule has 3 aromatic rings. The second-order valence-electron chi connectivity index (χ2n) is 4.71. The highest BCUT2D eigenvalue weighted by atomic mass is 16.5. The number of methoxy groups -OCH3 is 1. The van der Waals surface area contributed by atoms with Crippen molar-refractivity contribution >= 4 is 11.9 Å². The molecule has 0 saturated heterocycles. The molecule has 1 aromatic carbocycles. The van der Waals surface area contributed by atoms with Crippen LogP contribution in [0.5, 0.6) is 0 Å². The van der Waals surface area contributed by atoms with Crippen LogP contribution in [-0.2, 0) is 16.1 Å². The molecule has 0 aliphatic heterocycles. The Labute approximate surface area is 136 Å². The Morgan fingerprint density at radius 1 is 1.17 bits per heavy atom. The molecule has 24 heavy (non-hydrogen) atoms. The predicted octanol–water partition coefficient (Wildman–Crippen LogP) is 2.00. The van der Waals surface area contributed by atoms with Crippen molar-refractivity contribution < 1.29 is 23.5 Å². The molecule has 0 amide bonds. The predicted molar refractivity (Wildman–Crippen MR) is 80.5 cm³/mol. The first-order valence-electron chi connectivity index (χ1n) is 6.96. The zero-order valence-electron chi connectivity index (χ0n) is 12.7. The van der Waals surface area contributed by atoms with Gasteiger partial charge in [-0.3, -0.25) is 0 Å². The number of furan rings is 1. The van der Waals surface area contributed by atoms with E-state index in [1.165, 1.54) is 25.8 Å². The molecule has 3 rings (SSSR count). The number of esters is 2. The third kappa shape index (κ3) is 3.17. The first-order chi connectivity index (χ1) is 11.7. The van der Waals surface area contributed by atoms with E-state index >= 15 is 0 Å². The van der Waals surface area contributed by atoms with E-state index in [9.17, 15) is 9.59 Å². The molecule has 8 nitrogen and oxygen atoms in total. The van der Waals surface area contributed by atoms with Crippen molar-refractivity contribution in [2.45, 2.75) is 6.61 Å². The fourth-order valence-electron chi connectivity index (χ4n) is 2.05. The lowest BCUT2D eigenvalue weighted by Crippen LogP contribution is -2.08. The standard InChI is InChI=1S/C16H13N3O5/c1-22-16(21)13-6-7-23-14(13)8-24-15(20)11-2-4-12(5-3-11)19-10-17-9-18-19/h2-7,9-10H,8H2,1H3. The van der Waals surface area contributed by atoms with Gasteiger partial charge in [-0.1, -0.05) is 0 Å². The van der Waals surface area contributed by atoms with E-state index in [0.29, 0.717) is 5.56 Å². The van der Waals surface area contributed by atoms with Gasteiger partial charge in [-0.2, -0.15) is 5.10 Å². The molecular weight excluding hydrogens is 314 g/mol. The summed E-state index contributed by atoms with van der Waals surface area (Å²) in [7, 11) is 1.27. The van der Waals surface area contributed by atoms with Gasteiger partial charge >= 0.3 is 11.9 Å². The van der Waals surface area contributed by atoms with E-state index < -0.39 is 11.9 Å². The van der Waals surface area contributed by atoms with E-state index in [0.717, 1.165) is 5.69 Å². The Bertz CT molecular complexity index is 837. The Hall–Kier alpha value is -3.42. The van der Waals surface area contributed by atoms with Crippen LogP contribution >= 0.6 is 0 Å². The number of nitrogens with zero attached hydrogens (tertiary/aromatic N) is 3. The fourth-order valence-corrected chi connectivity index (χ4v) is 2.05. The molecule has 0 aliphatic rings. The van der Waals surface area contributed by atoms with Crippen molar-refractivity contribution in [1.82, 2.24) is 14.8 Å². The maximum atomic E-state index is 12.1. The van der Waals surface area contributed by atoms with Gasteiger partial charge in [-0.25, -0.2) is 19.3 Å². The highest BCUT2D eigenvalue weighted by Crippen LogP contribution is 2.15. The zero-order valence-corrected chi connectivity index (χ0v) is 12.7. The summed E-state index contributed by atoms with van der Waals surface area (Å²) in [5.74, 6) is -0.853. The normalized spacial score (nSPS) is 10.4. The molecule has 8 heteroatoms. The third-order valence-corrected chi connectivity index (χ3v) is 3.27. The van der Waals surface area contributed by atoms with Gasteiger partial charge in [-0.15, -0.1) is 0 Å². The van der Waals surface area contributed by atoms with Crippen LogP contribution in [0.25, 0.3) is 5.69 Å². The number of aromatic nitrogens is 3. The number of carbonyl (C=O) groups excluding carboxylic acids is 2. The van der Waals surface area contributed by atoms with E-state index in [1.807, 2.05) is 0 Å². The maximum Gasteiger partial charge on any atom is 0.341 e. The summed E-state index contributed by atoms with van der Waals surface area (Å²) < 4.78 is 16.5. The van der Waals surface area contributed by atoms with Gasteiger partial charge < -0.3 is 13.9 Å². The number of hydrogen-bond donors (Lipinski definition) is 0. The van der Waals surface area contributed by atoms with E-state index in [4.69, 9.17) is 9.15 Å². The van der Waals surface area contributed by atoms with Crippen LogP contribution in [0.3, 0.4) is 0 Å². The minimum absolute atomic E-state index is 0.166. The first kappa shape index (κ1) is 15.5. The van der Waals surface area contributed by atoms with Gasteiger partial charge in [0.15, 0.2) is 12.4 Å². The van der Waals surface area contributed by atoms with E-state index in [2.05, 4.69) is 14.8 Å². The minimum Gasteiger partial charge on any atom is -0.465 e. The largest absolute Gasteiger partial charge is 0.465 e. The van der Waals surface area contributed by atoms with Gasteiger partial charge in [0.1, 0.15) is 18.2 Å². The second-order valence-corrected chi connectivity index (χ2v) is 4.71. The molecule has 0 radical (unpaired) electrons. The molecule has 0 fully saturated rings. The lowest BCUT2D eigenvalue weighted by molar-refractivity contribution is 0.0432. The van der Waals surface area contributed by atoms with Crippen LogP contribution in [0.1, 0.15) is 26.5 Å². The Balaban J connectivity index is 1.65. The van der Waals surface area contributed by atoms with Crippen molar-refractivity contribution in [2.75, 3.05) is 7.11 Å². The molecule has 0 atom stereocenters. The van der Waals surface area contributed by atoms with E-state index in [-0.39, 0.29) is 17.9 Å². The summed E-state index contributed by atoms with van der Waals surface area (Å²) >= 11 is 0. The van der Waals surface area contributed by atoms with Crippen LogP contribution in [0.4, 0.5) is 0 Å². The summed E-state index contributed by atoms with van der Waals surface area (Å²) in [6, 6.07) is 8.13. The highest BCUT2D eigenvalue weighted by Gasteiger charge is 2.17. The summed E-state index contributed by atoms with van der Waals surface area (Å²) in [5, 5.41) is 4.00. The smallest absolute Gasteiger partial charge is 0.341 e. The van der Waals surface area contributed by atoms with Gasteiger partial charge in [0, 0.05) is 0 Å². The molecule has 0 aliphatic carbocycles. The first-order valence-corrected chi connectivity index (χ1v) is 6.96.